The van der Waals surface area contributed by atoms with Gasteiger partial charge in [0, 0.05) is 29.6 Å². The van der Waals surface area contributed by atoms with Crippen LogP contribution >= 0.6 is 15.9 Å². The Bertz CT molecular complexity index is 1060. The lowest BCUT2D eigenvalue weighted by Gasteiger charge is -2.30. The van der Waals surface area contributed by atoms with Gasteiger partial charge in [-0.15, -0.1) is 0 Å². The summed E-state index contributed by atoms with van der Waals surface area (Å²) in [6.45, 7) is 0. The summed E-state index contributed by atoms with van der Waals surface area (Å²) in [7, 11) is 0. The van der Waals surface area contributed by atoms with Crippen LogP contribution in [0, 0.1) is 11.3 Å². The summed E-state index contributed by atoms with van der Waals surface area (Å²) in [5.74, 6) is 1.80. The average Bonchev–Trinajstić information content (AvgIpc) is 3.10. The van der Waals surface area contributed by atoms with Crippen LogP contribution in [0.15, 0.2) is 44.1 Å². The minimum atomic E-state index is -0.0968. The average molecular weight is 428 g/mol. The van der Waals surface area contributed by atoms with Crippen molar-refractivity contribution in [2.45, 2.75) is 37.8 Å². The monoisotopic (exact) mass is 427 g/mol. The molecule has 8 heteroatoms. The van der Waals surface area contributed by atoms with Crippen molar-refractivity contribution in [2.75, 3.05) is 10.6 Å². The largest absolute Gasteiger partial charge is 0.444 e. The quantitative estimate of drug-likeness (QED) is 0.580. The van der Waals surface area contributed by atoms with Crippen molar-refractivity contribution < 1.29 is 4.42 Å². The van der Waals surface area contributed by atoms with Crippen LogP contribution in [0.4, 0.5) is 11.6 Å². The summed E-state index contributed by atoms with van der Waals surface area (Å²) in [4.78, 5) is 18.6. The topological polar surface area (TPSA) is 107 Å². The minimum Gasteiger partial charge on any atom is -0.444 e. The van der Waals surface area contributed by atoms with E-state index in [1.165, 1.54) is 6.07 Å². The van der Waals surface area contributed by atoms with E-state index >= 15 is 0 Å². The van der Waals surface area contributed by atoms with Crippen molar-refractivity contribution in [3.63, 3.8) is 0 Å². The van der Waals surface area contributed by atoms with Crippen molar-refractivity contribution in [3.8, 4) is 6.07 Å². The first-order chi connectivity index (χ1) is 13.1. The van der Waals surface area contributed by atoms with Crippen LogP contribution in [0.25, 0.3) is 11.0 Å². The summed E-state index contributed by atoms with van der Waals surface area (Å²) in [5.41, 5.74) is 0.495. The molecule has 3 heterocycles. The Morgan fingerprint density at radius 2 is 1.96 bits per heavy atom. The van der Waals surface area contributed by atoms with Gasteiger partial charge in [0.05, 0.1) is 10.7 Å². The van der Waals surface area contributed by atoms with E-state index in [0.717, 1.165) is 47.2 Å². The van der Waals surface area contributed by atoms with Gasteiger partial charge in [0.2, 0.25) is 11.3 Å². The van der Waals surface area contributed by atoms with Crippen LogP contribution in [-0.2, 0) is 0 Å². The van der Waals surface area contributed by atoms with Crippen LogP contribution in [0.2, 0.25) is 0 Å². The SMILES string of the molecule is N#Cc1cc2c(Br)c(NC3CCC(Nc4cccc(=O)[nH]4)CC3)ncc2o1. The first-order valence-corrected chi connectivity index (χ1v) is 9.62. The van der Waals surface area contributed by atoms with Crippen molar-refractivity contribution in [1.29, 1.82) is 5.26 Å². The number of H-pyrrole nitrogens is 1. The molecule has 27 heavy (non-hydrogen) atoms. The van der Waals surface area contributed by atoms with E-state index in [9.17, 15) is 4.79 Å². The first-order valence-electron chi connectivity index (χ1n) is 8.83. The molecule has 1 fully saturated rings. The number of pyridine rings is 2. The molecule has 0 radical (unpaired) electrons. The van der Waals surface area contributed by atoms with E-state index in [4.69, 9.17) is 9.68 Å². The van der Waals surface area contributed by atoms with E-state index in [2.05, 4.69) is 36.5 Å². The normalized spacial score (nSPS) is 19.6. The van der Waals surface area contributed by atoms with Gasteiger partial charge in [-0.3, -0.25) is 4.79 Å². The summed E-state index contributed by atoms with van der Waals surface area (Å²) in [6.07, 6.45) is 5.63. The lowest BCUT2D eigenvalue weighted by molar-refractivity contribution is 0.427. The fourth-order valence-corrected chi connectivity index (χ4v) is 3.99. The zero-order valence-corrected chi connectivity index (χ0v) is 16.0. The molecule has 0 amide bonds. The standard InChI is InChI=1S/C19H18BrN5O2/c20-18-14-8-13(9-21)27-15(14)10-22-19(18)24-12-6-4-11(5-7-12)23-16-2-1-3-17(26)25-16/h1-3,8,10-12H,4-7H2,(H,22,24)(H2,23,25,26). The van der Waals surface area contributed by atoms with Crippen molar-refractivity contribution >= 4 is 38.5 Å². The molecule has 0 aromatic carbocycles. The molecule has 138 valence electrons. The Hall–Kier alpha value is -2.79. The third kappa shape index (κ3) is 3.83. The smallest absolute Gasteiger partial charge is 0.249 e. The fraction of sp³-hybridized carbons (Fsp3) is 0.316. The third-order valence-corrected chi connectivity index (χ3v) is 5.63. The van der Waals surface area contributed by atoms with Gasteiger partial charge in [-0.2, -0.15) is 5.26 Å². The van der Waals surface area contributed by atoms with Crippen LogP contribution in [0.1, 0.15) is 31.4 Å². The highest BCUT2D eigenvalue weighted by molar-refractivity contribution is 9.10. The fourth-order valence-electron chi connectivity index (χ4n) is 3.46. The van der Waals surface area contributed by atoms with Gasteiger partial charge < -0.3 is 20.0 Å². The molecule has 3 aromatic heterocycles. The number of fused-ring (bicyclic) bond motifs is 1. The predicted molar refractivity (Wildman–Crippen MR) is 107 cm³/mol. The van der Waals surface area contributed by atoms with Gasteiger partial charge in [-0.25, -0.2) is 4.98 Å². The maximum absolute atomic E-state index is 11.4. The summed E-state index contributed by atoms with van der Waals surface area (Å²) in [6, 6.07) is 9.52. The Kier molecular flexibility index (Phi) is 4.86. The molecule has 3 N–H and O–H groups in total. The van der Waals surface area contributed by atoms with Gasteiger partial charge >= 0.3 is 0 Å². The van der Waals surface area contributed by atoms with E-state index in [1.54, 1.807) is 18.3 Å². The van der Waals surface area contributed by atoms with Gasteiger partial charge in [0.15, 0.2) is 5.58 Å². The van der Waals surface area contributed by atoms with Gasteiger partial charge in [-0.1, -0.05) is 6.07 Å². The Morgan fingerprint density at radius 3 is 2.67 bits per heavy atom. The Balaban J connectivity index is 1.39. The number of hydrogen-bond acceptors (Lipinski definition) is 6. The zero-order chi connectivity index (χ0) is 18.8. The van der Waals surface area contributed by atoms with Crippen molar-refractivity contribution in [2.24, 2.45) is 0 Å². The summed E-state index contributed by atoms with van der Waals surface area (Å²) < 4.78 is 6.22. The third-order valence-electron chi connectivity index (χ3n) is 4.82. The molecule has 0 atom stereocenters. The zero-order valence-electron chi connectivity index (χ0n) is 14.5. The molecule has 0 saturated heterocycles. The molecule has 1 saturated carbocycles. The Morgan fingerprint density at radius 1 is 1.22 bits per heavy atom. The molecular formula is C19H18BrN5O2. The molecule has 1 aliphatic rings. The molecule has 0 bridgehead atoms. The van der Waals surface area contributed by atoms with Gasteiger partial charge in [-0.05, 0) is 47.7 Å². The summed E-state index contributed by atoms with van der Waals surface area (Å²) >= 11 is 3.57. The molecule has 0 spiro atoms. The second-order valence-electron chi connectivity index (χ2n) is 6.69. The van der Waals surface area contributed by atoms with Crippen molar-refractivity contribution in [3.05, 3.63) is 51.0 Å². The maximum Gasteiger partial charge on any atom is 0.249 e. The number of nitrogens with one attached hydrogen (secondary N) is 3. The highest BCUT2D eigenvalue weighted by atomic mass is 79.9. The van der Waals surface area contributed by atoms with Crippen LogP contribution in [-0.4, -0.2) is 22.1 Å². The predicted octanol–water partition coefficient (Wildman–Crippen LogP) is 3.99. The van der Waals surface area contributed by atoms with Crippen LogP contribution in [0.5, 0.6) is 0 Å². The molecule has 3 aromatic rings. The number of anilines is 2. The Labute approximate surface area is 163 Å². The second kappa shape index (κ2) is 7.45. The number of halogens is 1. The summed E-state index contributed by atoms with van der Waals surface area (Å²) in [5, 5.41) is 16.7. The number of aromatic nitrogens is 2. The first kappa shape index (κ1) is 17.6. The van der Waals surface area contributed by atoms with E-state index in [1.807, 2.05) is 12.1 Å². The molecule has 4 rings (SSSR count). The second-order valence-corrected chi connectivity index (χ2v) is 7.48. The van der Waals surface area contributed by atoms with E-state index in [-0.39, 0.29) is 11.3 Å². The lowest BCUT2D eigenvalue weighted by Crippen LogP contribution is -2.33. The number of hydrogen-bond donors (Lipinski definition) is 3. The molecular weight excluding hydrogens is 410 g/mol. The van der Waals surface area contributed by atoms with Crippen LogP contribution < -0.4 is 16.2 Å². The molecule has 7 nitrogen and oxygen atoms in total. The van der Waals surface area contributed by atoms with Crippen LogP contribution in [0.3, 0.4) is 0 Å². The molecule has 1 aliphatic carbocycles. The number of nitriles is 1. The number of rotatable bonds is 4. The maximum atomic E-state index is 11.4. The minimum absolute atomic E-state index is 0.0968. The number of furan rings is 1. The molecule has 0 aliphatic heterocycles. The van der Waals surface area contributed by atoms with E-state index in [0.29, 0.717) is 17.7 Å². The number of nitrogens with zero attached hydrogens (tertiary/aromatic N) is 2. The highest BCUT2D eigenvalue weighted by Crippen LogP contribution is 2.33. The van der Waals surface area contributed by atoms with Gasteiger partial charge in [0.1, 0.15) is 17.7 Å². The number of aromatic amines is 1. The van der Waals surface area contributed by atoms with Crippen molar-refractivity contribution in [1.82, 2.24) is 9.97 Å². The highest BCUT2D eigenvalue weighted by Gasteiger charge is 2.22. The van der Waals surface area contributed by atoms with E-state index < -0.39 is 0 Å². The lowest BCUT2D eigenvalue weighted by atomic mass is 9.91. The molecule has 0 unspecified atom stereocenters. The van der Waals surface area contributed by atoms with Gasteiger partial charge in [0.25, 0.3) is 0 Å².